The summed E-state index contributed by atoms with van der Waals surface area (Å²) in [5.74, 6) is 0. The highest BCUT2D eigenvalue weighted by atomic mass is 79.9. The summed E-state index contributed by atoms with van der Waals surface area (Å²) in [5.41, 5.74) is 8.97. The van der Waals surface area contributed by atoms with Crippen molar-refractivity contribution >= 4 is 27.5 Å². The van der Waals surface area contributed by atoms with Crippen LogP contribution in [0.2, 0.25) is 5.02 Å². The number of para-hydroxylation sites is 1. The average molecular weight is 364 g/mol. The largest absolute Gasteiger partial charge is 0.319 e. The summed E-state index contributed by atoms with van der Waals surface area (Å²) in [6.07, 6.45) is 1.67. The van der Waals surface area contributed by atoms with Gasteiger partial charge in [-0.25, -0.2) is 4.68 Å². The number of benzene rings is 2. The minimum atomic E-state index is -0.356. The Labute approximate surface area is 135 Å². The fourth-order valence-corrected chi connectivity index (χ4v) is 2.54. The van der Waals surface area contributed by atoms with E-state index >= 15 is 0 Å². The highest BCUT2D eigenvalue weighted by Crippen LogP contribution is 2.28. The molecule has 3 rings (SSSR count). The van der Waals surface area contributed by atoms with Gasteiger partial charge in [-0.15, -0.1) is 5.10 Å². The predicted octanol–water partition coefficient (Wildman–Crippen LogP) is 3.73. The van der Waals surface area contributed by atoms with E-state index in [-0.39, 0.29) is 6.04 Å². The third kappa shape index (κ3) is 2.85. The van der Waals surface area contributed by atoms with Crippen LogP contribution in [0.1, 0.15) is 17.3 Å². The number of hydrogen-bond donors (Lipinski definition) is 1. The lowest BCUT2D eigenvalue weighted by atomic mass is 10.1. The van der Waals surface area contributed by atoms with E-state index in [4.69, 9.17) is 17.3 Å². The van der Waals surface area contributed by atoms with Gasteiger partial charge in [0.1, 0.15) is 0 Å². The van der Waals surface area contributed by atoms with Crippen molar-refractivity contribution < 1.29 is 0 Å². The third-order valence-corrected chi connectivity index (χ3v) is 4.43. The SMILES string of the molecule is NC(c1ccc(Br)c(Cl)c1)c1cnnn1-c1ccccc1. The Kier molecular flexibility index (Phi) is 4.05. The maximum absolute atomic E-state index is 6.34. The number of aromatic nitrogens is 3. The molecule has 0 spiro atoms. The molecule has 0 bridgehead atoms. The number of nitrogens with two attached hydrogens (primary N) is 1. The van der Waals surface area contributed by atoms with Crippen molar-refractivity contribution in [3.63, 3.8) is 0 Å². The van der Waals surface area contributed by atoms with Crippen LogP contribution in [0.5, 0.6) is 0 Å². The Bertz CT molecular complexity index is 757. The summed E-state index contributed by atoms with van der Waals surface area (Å²) in [7, 11) is 0. The Morgan fingerprint density at radius 3 is 2.62 bits per heavy atom. The van der Waals surface area contributed by atoms with Crippen LogP contribution in [0.3, 0.4) is 0 Å². The van der Waals surface area contributed by atoms with E-state index in [0.29, 0.717) is 5.02 Å². The van der Waals surface area contributed by atoms with E-state index in [1.54, 1.807) is 10.9 Å². The van der Waals surface area contributed by atoms with Gasteiger partial charge in [0.15, 0.2) is 0 Å². The molecular weight excluding hydrogens is 352 g/mol. The van der Waals surface area contributed by atoms with Gasteiger partial charge in [-0.3, -0.25) is 0 Å². The van der Waals surface area contributed by atoms with Crippen molar-refractivity contribution in [1.29, 1.82) is 0 Å². The Morgan fingerprint density at radius 1 is 1.14 bits per heavy atom. The molecule has 2 aromatic carbocycles. The molecule has 1 aromatic heterocycles. The maximum atomic E-state index is 6.34. The van der Waals surface area contributed by atoms with Crippen molar-refractivity contribution in [2.75, 3.05) is 0 Å². The van der Waals surface area contributed by atoms with Crippen LogP contribution in [0.15, 0.2) is 59.2 Å². The van der Waals surface area contributed by atoms with Crippen LogP contribution < -0.4 is 5.73 Å². The first-order chi connectivity index (χ1) is 10.2. The van der Waals surface area contributed by atoms with Crippen LogP contribution in [-0.2, 0) is 0 Å². The van der Waals surface area contributed by atoms with Gasteiger partial charge in [0, 0.05) is 4.47 Å². The minimum absolute atomic E-state index is 0.356. The van der Waals surface area contributed by atoms with E-state index in [9.17, 15) is 0 Å². The Hall–Kier alpha value is -1.69. The normalized spacial score (nSPS) is 12.3. The van der Waals surface area contributed by atoms with Gasteiger partial charge in [-0.1, -0.05) is 41.1 Å². The van der Waals surface area contributed by atoms with E-state index in [1.807, 2.05) is 48.5 Å². The van der Waals surface area contributed by atoms with Crippen molar-refractivity contribution in [3.8, 4) is 5.69 Å². The molecule has 0 saturated heterocycles. The fraction of sp³-hybridized carbons (Fsp3) is 0.0667. The number of rotatable bonds is 3. The summed E-state index contributed by atoms with van der Waals surface area (Å²) >= 11 is 9.51. The van der Waals surface area contributed by atoms with Crippen LogP contribution in [0.25, 0.3) is 5.69 Å². The highest BCUT2D eigenvalue weighted by Gasteiger charge is 2.16. The van der Waals surface area contributed by atoms with Gasteiger partial charge in [0.2, 0.25) is 0 Å². The van der Waals surface area contributed by atoms with Crippen LogP contribution in [-0.4, -0.2) is 15.0 Å². The quantitative estimate of drug-likeness (QED) is 0.771. The van der Waals surface area contributed by atoms with E-state index in [1.165, 1.54) is 0 Å². The summed E-state index contributed by atoms with van der Waals surface area (Å²) in [5, 5.41) is 8.72. The van der Waals surface area contributed by atoms with Gasteiger partial charge in [0.25, 0.3) is 0 Å². The van der Waals surface area contributed by atoms with Crippen LogP contribution in [0.4, 0.5) is 0 Å². The zero-order valence-corrected chi connectivity index (χ0v) is 13.3. The molecular formula is C15H12BrClN4. The zero-order chi connectivity index (χ0) is 14.8. The molecule has 0 fully saturated rings. The van der Waals surface area contributed by atoms with E-state index in [2.05, 4.69) is 26.2 Å². The first kappa shape index (κ1) is 14.3. The van der Waals surface area contributed by atoms with Crippen LogP contribution in [0, 0.1) is 0 Å². The number of hydrogen-bond acceptors (Lipinski definition) is 3. The third-order valence-electron chi connectivity index (χ3n) is 3.20. The van der Waals surface area contributed by atoms with Crippen molar-refractivity contribution in [2.45, 2.75) is 6.04 Å². The zero-order valence-electron chi connectivity index (χ0n) is 10.9. The second kappa shape index (κ2) is 5.97. The van der Waals surface area contributed by atoms with Crippen molar-refractivity contribution in [3.05, 3.63) is 75.5 Å². The molecule has 1 unspecified atom stereocenters. The Morgan fingerprint density at radius 2 is 1.90 bits per heavy atom. The summed E-state index contributed by atoms with van der Waals surface area (Å²) in [6.45, 7) is 0. The highest BCUT2D eigenvalue weighted by molar-refractivity contribution is 9.10. The molecule has 0 radical (unpaired) electrons. The molecule has 1 heterocycles. The first-order valence-electron chi connectivity index (χ1n) is 6.33. The molecule has 106 valence electrons. The van der Waals surface area contributed by atoms with E-state index in [0.717, 1.165) is 21.4 Å². The van der Waals surface area contributed by atoms with E-state index < -0.39 is 0 Å². The van der Waals surface area contributed by atoms with Crippen LogP contribution >= 0.6 is 27.5 Å². The minimum Gasteiger partial charge on any atom is -0.319 e. The summed E-state index contributed by atoms with van der Waals surface area (Å²) in [4.78, 5) is 0. The second-order valence-corrected chi connectivity index (χ2v) is 5.82. The van der Waals surface area contributed by atoms with Gasteiger partial charge in [0.05, 0.1) is 28.6 Å². The lowest BCUT2D eigenvalue weighted by molar-refractivity contribution is 0.719. The molecule has 0 amide bonds. The molecule has 6 heteroatoms. The average Bonchev–Trinajstić information content (AvgIpc) is 2.99. The summed E-state index contributed by atoms with van der Waals surface area (Å²) < 4.78 is 2.58. The molecule has 0 aliphatic rings. The van der Waals surface area contributed by atoms with Gasteiger partial charge < -0.3 is 5.73 Å². The molecule has 1 atom stereocenters. The maximum Gasteiger partial charge on any atom is 0.0858 e. The fourth-order valence-electron chi connectivity index (χ4n) is 2.10. The molecule has 0 aliphatic heterocycles. The molecule has 0 aliphatic carbocycles. The predicted molar refractivity (Wildman–Crippen MR) is 86.5 cm³/mol. The second-order valence-electron chi connectivity index (χ2n) is 4.56. The molecule has 2 N–H and O–H groups in total. The molecule has 21 heavy (non-hydrogen) atoms. The summed E-state index contributed by atoms with van der Waals surface area (Å²) in [6, 6.07) is 15.1. The van der Waals surface area contributed by atoms with Crippen molar-refractivity contribution in [1.82, 2.24) is 15.0 Å². The number of nitrogens with zero attached hydrogens (tertiary/aromatic N) is 3. The molecule has 3 aromatic rings. The first-order valence-corrected chi connectivity index (χ1v) is 7.50. The lowest BCUT2D eigenvalue weighted by Gasteiger charge is -2.14. The van der Waals surface area contributed by atoms with Gasteiger partial charge in [-0.05, 0) is 45.8 Å². The standard InChI is InChI=1S/C15H12BrClN4/c16-12-7-6-10(8-13(12)17)15(18)14-9-19-20-21(14)11-4-2-1-3-5-11/h1-9,15H,18H2. The monoisotopic (exact) mass is 362 g/mol. The topological polar surface area (TPSA) is 56.7 Å². The lowest BCUT2D eigenvalue weighted by Crippen LogP contribution is -2.16. The smallest absolute Gasteiger partial charge is 0.0858 e. The Balaban J connectivity index is 2.01. The molecule has 0 saturated carbocycles. The number of halogens is 2. The van der Waals surface area contributed by atoms with Crippen molar-refractivity contribution in [2.24, 2.45) is 5.73 Å². The van der Waals surface area contributed by atoms with Gasteiger partial charge >= 0.3 is 0 Å². The molecule has 4 nitrogen and oxygen atoms in total. The van der Waals surface area contributed by atoms with Gasteiger partial charge in [-0.2, -0.15) is 0 Å².